The lowest BCUT2D eigenvalue weighted by atomic mass is 10.2. The second kappa shape index (κ2) is 10.5. The van der Waals surface area contributed by atoms with Gasteiger partial charge in [0.25, 0.3) is 11.8 Å². The minimum Gasteiger partial charge on any atom is -0.508 e. The maximum atomic E-state index is 12.6. The number of carbonyl (C=O) groups excluding carboxylic acids is 3. The molecule has 32 heavy (non-hydrogen) atoms. The van der Waals surface area contributed by atoms with Crippen LogP contribution in [0.15, 0.2) is 89.1 Å². The van der Waals surface area contributed by atoms with Crippen LogP contribution in [0.5, 0.6) is 5.75 Å². The lowest BCUT2D eigenvalue weighted by Crippen LogP contribution is -2.46. The van der Waals surface area contributed by atoms with Crippen LogP contribution in [0.3, 0.4) is 0 Å². The van der Waals surface area contributed by atoms with Crippen molar-refractivity contribution in [3.05, 3.63) is 90.0 Å². The molecule has 0 unspecified atom stereocenters. The number of amides is 2. The Morgan fingerprint density at radius 2 is 1.50 bits per heavy atom. The Hall–Kier alpha value is -4.53. The van der Waals surface area contributed by atoms with Gasteiger partial charge >= 0.3 is 5.97 Å². The number of rotatable bonds is 6. The van der Waals surface area contributed by atoms with E-state index in [1.165, 1.54) is 25.1 Å². The third kappa shape index (κ3) is 5.99. The van der Waals surface area contributed by atoms with Gasteiger partial charge in [0.15, 0.2) is 6.10 Å². The predicted molar refractivity (Wildman–Crippen MR) is 116 cm³/mol. The molecule has 3 aromatic rings. The fraction of sp³-hybridized carbons (Fsp3) is 0.0870. The van der Waals surface area contributed by atoms with E-state index in [1.54, 1.807) is 60.7 Å². The molecule has 2 amide bonds. The summed E-state index contributed by atoms with van der Waals surface area (Å²) in [6, 6.07) is 20.8. The normalized spacial score (nSPS) is 11.5. The molecule has 0 saturated heterocycles. The van der Waals surface area contributed by atoms with Crippen molar-refractivity contribution in [3.63, 3.8) is 0 Å². The van der Waals surface area contributed by atoms with Crippen LogP contribution >= 0.6 is 0 Å². The quantitative estimate of drug-likeness (QED) is 0.310. The number of ether oxygens (including phenoxy) is 1. The molecule has 0 bridgehead atoms. The largest absolute Gasteiger partial charge is 0.508 e. The number of phenolic OH excluding ortho intramolecular Hbond substituents is 1. The SMILES string of the molecule is C[C@H](OC(=O)c1ccccc1N=Nc1ccc(O)cc1)C(=O)NNC(=O)c1ccccc1. The summed E-state index contributed by atoms with van der Waals surface area (Å²) in [6.07, 6.45) is -1.18. The molecule has 0 saturated carbocycles. The lowest BCUT2D eigenvalue weighted by molar-refractivity contribution is -0.129. The van der Waals surface area contributed by atoms with E-state index in [1.807, 2.05) is 0 Å². The fourth-order valence-electron chi connectivity index (χ4n) is 2.52. The standard InChI is InChI=1S/C23H20N4O5/c1-15(21(29)26-27-22(30)16-7-3-2-4-8-16)32-23(31)19-9-5-6-10-20(19)25-24-17-11-13-18(28)14-12-17/h2-15,28H,1H3,(H,26,29)(H,27,30)/t15-/m0/s1. The summed E-state index contributed by atoms with van der Waals surface area (Å²) in [5, 5.41) is 17.4. The first kappa shape index (κ1) is 22.2. The summed E-state index contributed by atoms with van der Waals surface area (Å²) >= 11 is 0. The Balaban J connectivity index is 1.60. The van der Waals surface area contributed by atoms with Crippen LogP contribution in [0.25, 0.3) is 0 Å². The molecule has 3 rings (SSSR count). The zero-order chi connectivity index (χ0) is 22.9. The zero-order valence-corrected chi connectivity index (χ0v) is 17.1. The molecule has 0 aliphatic heterocycles. The van der Waals surface area contributed by atoms with Gasteiger partial charge in [0.1, 0.15) is 11.4 Å². The van der Waals surface area contributed by atoms with E-state index in [4.69, 9.17) is 4.74 Å². The van der Waals surface area contributed by atoms with Gasteiger partial charge in [-0.2, -0.15) is 5.11 Å². The van der Waals surface area contributed by atoms with E-state index in [0.29, 0.717) is 11.3 Å². The highest BCUT2D eigenvalue weighted by Gasteiger charge is 2.21. The number of hydrogen-bond donors (Lipinski definition) is 3. The highest BCUT2D eigenvalue weighted by atomic mass is 16.5. The van der Waals surface area contributed by atoms with Gasteiger partial charge in [0.2, 0.25) is 0 Å². The summed E-state index contributed by atoms with van der Waals surface area (Å²) in [4.78, 5) is 36.8. The van der Waals surface area contributed by atoms with Crippen LogP contribution in [0.1, 0.15) is 27.6 Å². The molecule has 1 atom stereocenters. The summed E-state index contributed by atoms with van der Waals surface area (Å²) in [6.45, 7) is 1.38. The van der Waals surface area contributed by atoms with Crippen molar-refractivity contribution < 1.29 is 24.2 Å². The predicted octanol–water partition coefficient (Wildman–Crippen LogP) is 3.81. The smallest absolute Gasteiger partial charge is 0.341 e. The van der Waals surface area contributed by atoms with Crippen LogP contribution in [-0.4, -0.2) is 29.0 Å². The van der Waals surface area contributed by atoms with Crippen LogP contribution in [0.2, 0.25) is 0 Å². The van der Waals surface area contributed by atoms with Crippen molar-refractivity contribution in [1.82, 2.24) is 10.9 Å². The van der Waals surface area contributed by atoms with E-state index in [2.05, 4.69) is 21.1 Å². The number of benzene rings is 3. The minimum atomic E-state index is -1.18. The number of esters is 1. The molecule has 0 fully saturated rings. The average Bonchev–Trinajstić information content (AvgIpc) is 2.82. The number of carbonyl (C=O) groups is 3. The minimum absolute atomic E-state index is 0.0974. The third-order valence-corrected chi connectivity index (χ3v) is 4.24. The van der Waals surface area contributed by atoms with Crippen LogP contribution in [0.4, 0.5) is 11.4 Å². The average molecular weight is 432 g/mol. The summed E-state index contributed by atoms with van der Waals surface area (Å²) < 4.78 is 5.21. The molecule has 0 aromatic heterocycles. The number of aromatic hydroxyl groups is 1. The number of hydrogen-bond acceptors (Lipinski definition) is 7. The van der Waals surface area contributed by atoms with Gasteiger partial charge in [-0.3, -0.25) is 20.4 Å². The van der Waals surface area contributed by atoms with Crippen molar-refractivity contribution in [3.8, 4) is 5.75 Å². The van der Waals surface area contributed by atoms with Crippen molar-refractivity contribution in [2.24, 2.45) is 10.2 Å². The lowest BCUT2D eigenvalue weighted by Gasteiger charge is -2.14. The van der Waals surface area contributed by atoms with Gasteiger partial charge < -0.3 is 9.84 Å². The molecular formula is C23H20N4O5. The topological polar surface area (TPSA) is 129 Å². The summed E-state index contributed by atoms with van der Waals surface area (Å²) in [7, 11) is 0. The monoisotopic (exact) mass is 432 g/mol. The van der Waals surface area contributed by atoms with Crippen LogP contribution in [-0.2, 0) is 9.53 Å². The van der Waals surface area contributed by atoms with Gasteiger partial charge in [0.05, 0.1) is 11.3 Å². The van der Waals surface area contributed by atoms with Crippen molar-refractivity contribution in [2.75, 3.05) is 0 Å². The van der Waals surface area contributed by atoms with Crippen molar-refractivity contribution in [2.45, 2.75) is 13.0 Å². The number of nitrogens with zero attached hydrogens (tertiary/aromatic N) is 2. The molecule has 0 aliphatic carbocycles. The first-order chi connectivity index (χ1) is 15.4. The highest BCUT2D eigenvalue weighted by molar-refractivity contribution is 5.98. The highest BCUT2D eigenvalue weighted by Crippen LogP contribution is 2.24. The number of nitrogens with one attached hydrogen (secondary N) is 2. The second-order valence-corrected chi connectivity index (χ2v) is 6.59. The molecule has 3 aromatic carbocycles. The molecule has 162 valence electrons. The third-order valence-electron chi connectivity index (χ3n) is 4.24. The molecule has 0 heterocycles. The van der Waals surface area contributed by atoms with E-state index >= 15 is 0 Å². The van der Waals surface area contributed by atoms with E-state index in [9.17, 15) is 19.5 Å². The Morgan fingerprint density at radius 3 is 2.22 bits per heavy atom. The molecule has 0 spiro atoms. The maximum Gasteiger partial charge on any atom is 0.341 e. The van der Waals surface area contributed by atoms with Crippen LogP contribution < -0.4 is 10.9 Å². The van der Waals surface area contributed by atoms with Gasteiger partial charge in [-0.15, -0.1) is 5.11 Å². The summed E-state index contributed by atoms with van der Waals surface area (Å²) in [5.41, 5.74) is 5.70. The van der Waals surface area contributed by atoms with Gasteiger partial charge in [-0.05, 0) is 55.5 Å². The molecule has 3 N–H and O–H groups in total. The van der Waals surface area contributed by atoms with Crippen molar-refractivity contribution in [1.29, 1.82) is 0 Å². The molecule has 9 heteroatoms. The molecule has 9 nitrogen and oxygen atoms in total. The number of azo groups is 1. The first-order valence-corrected chi connectivity index (χ1v) is 9.60. The Labute approximate surface area is 183 Å². The number of phenols is 1. The van der Waals surface area contributed by atoms with Crippen LogP contribution in [0, 0.1) is 0 Å². The zero-order valence-electron chi connectivity index (χ0n) is 17.1. The molecule has 0 radical (unpaired) electrons. The van der Waals surface area contributed by atoms with Gasteiger partial charge in [-0.1, -0.05) is 30.3 Å². The van der Waals surface area contributed by atoms with Crippen molar-refractivity contribution >= 4 is 29.2 Å². The summed E-state index contributed by atoms with van der Waals surface area (Å²) in [5.74, 6) is -1.88. The van der Waals surface area contributed by atoms with Gasteiger partial charge in [0, 0.05) is 5.56 Å². The fourth-order valence-corrected chi connectivity index (χ4v) is 2.52. The van der Waals surface area contributed by atoms with E-state index in [0.717, 1.165) is 0 Å². The Kier molecular flexibility index (Phi) is 7.26. The Morgan fingerprint density at radius 1 is 0.844 bits per heavy atom. The second-order valence-electron chi connectivity index (χ2n) is 6.59. The maximum absolute atomic E-state index is 12.6. The molecule has 0 aliphatic rings. The van der Waals surface area contributed by atoms with E-state index in [-0.39, 0.29) is 17.0 Å². The first-order valence-electron chi connectivity index (χ1n) is 9.60. The van der Waals surface area contributed by atoms with E-state index < -0.39 is 23.9 Å². The Bertz CT molecular complexity index is 1130. The molecular weight excluding hydrogens is 412 g/mol. The van der Waals surface area contributed by atoms with Gasteiger partial charge in [-0.25, -0.2) is 4.79 Å². The number of hydrazine groups is 1.